The highest BCUT2D eigenvalue weighted by atomic mass is 16.4. The molecule has 3 rings (SSSR count). The van der Waals surface area contributed by atoms with E-state index in [1.165, 1.54) is 0 Å². The largest absolute Gasteiger partial charge is 0.481 e. The maximum atomic E-state index is 11.9. The number of nitrogens with one attached hydrogen (secondary N) is 1. The zero-order chi connectivity index (χ0) is 20.1. The highest BCUT2D eigenvalue weighted by molar-refractivity contribution is 5.91. The molecule has 3 heterocycles. The maximum absolute atomic E-state index is 11.9. The Morgan fingerprint density at radius 3 is 2.96 bits per heavy atom. The third kappa shape index (κ3) is 4.95. The van der Waals surface area contributed by atoms with Gasteiger partial charge in [-0.15, -0.1) is 0 Å². The van der Waals surface area contributed by atoms with Gasteiger partial charge >= 0.3 is 5.97 Å². The Labute approximate surface area is 163 Å². The maximum Gasteiger partial charge on any atom is 0.303 e. The molecule has 1 aliphatic heterocycles. The Morgan fingerprint density at radius 1 is 1.36 bits per heavy atom. The number of carbonyl (C=O) groups excluding carboxylic acids is 1. The lowest BCUT2D eigenvalue weighted by molar-refractivity contribution is -0.137. The number of aromatic nitrogens is 2. The van der Waals surface area contributed by atoms with Gasteiger partial charge in [0.05, 0.1) is 11.1 Å². The van der Waals surface area contributed by atoms with Crippen LogP contribution in [-0.4, -0.2) is 57.3 Å². The van der Waals surface area contributed by atoms with Crippen LogP contribution in [0.3, 0.4) is 0 Å². The number of aryl methyl sites for hydroxylation is 1. The van der Waals surface area contributed by atoms with Crippen molar-refractivity contribution in [2.45, 2.75) is 44.6 Å². The van der Waals surface area contributed by atoms with E-state index in [1.54, 1.807) is 12.4 Å². The van der Waals surface area contributed by atoms with Gasteiger partial charge in [-0.05, 0) is 38.3 Å². The number of β-amino-alcohol motifs (C(OH)–C–C–N with tert-alkyl or cyclic N) is 1. The number of amides is 1. The Morgan fingerprint density at radius 2 is 2.18 bits per heavy atom. The van der Waals surface area contributed by atoms with Crippen LogP contribution in [0.25, 0.3) is 10.9 Å². The van der Waals surface area contributed by atoms with Crippen molar-refractivity contribution in [1.82, 2.24) is 15.3 Å². The van der Waals surface area contributed by atoms with Gasteiger partial charge in [-0.1, -0.05) is 0 Å². The minimum atomic E-state index is -1.04. The average Bonchev–Trinajstić information content (AvgIpc) is 2.65. The van der Waals surface area contributed by atoms with Crippen molar-refractivity contribution in [3.05, 3.63) is 30.2 Å². The van der Waals surface area contributed by atoms with Crippen LogP contribution in [0.5, 0.6) is 0 Å². The number of carboxylic acids is 1. The number of carboxylic acid groups (broad SMARTS) is 1. The lowest BCUT2D eigenvalue weighted by Gasteiger charge is -2.41. The summed E-state index contributed by atoms with van der Waals surface area (Å²) in [5, 5.41) is 23.4. The van der Waals surface area contributed by atoms with E-state index in [0.717, 1.165) is 35.2 Å². The topological polar surface area (TPSA) is 116 Å². The number of fused-ring (bicyclic) bond motifs is 1. The van der Waals surface area contributed by atoms with Crippen molar-refractivity contribution in [3.8, 4) is 0 Å². The van der Waals surface area contributed by atoms with Crippen molar-refractivity contribution < 1.29 is 19.8 Å². The van der Waals surface area contributed by atoms with Crippen LogP contribution in [-0.2, 0) is 9.59 Å². The number of piperidine rings is 1. The van der Waals surface area contributed by atoms with Gasteiger partial charge in [0, 0.05) is 61.6 Å². The molecule has 1 aliphatic rings. The Balaban J connectivity index is 1.67. The van der Waals surface area contributed by atoms with Gasteiger partial charge in [-0.3, -0.25) is 19.6 Å². The summed E-state index contributed by atoms with van der Waals surface area (Å²) in [4.78, 5) is 33.3. The van der Waals surface area contributed by atoms with Crippen LogP contribution in [0, 0.1) is 6.92 Å². The minimum absolute atomic E-state index is 0.0338. The van der Waals surface area contributed by atoms with Crippen LogP contribution < -0.4 is 10.2 Å². The normalized spacial score (nSPS) is 19.6. The predicted octanol–water partition coefficient (Wildman–Crippen LogP) is 1.64. The Kier molecular flexibility index (Phi) is 6.08. The van der Waals surface area contributed by atoms with Crippen molar-refractivity contribution in [3.63, 3.8) is 0 Å². The van der Waals surface area contributed by atoms with Gasteiger partial charge in [0.15, 0.2) is 0 Å². The molecule has 0 saturated carbocycles. The molecule has 1 saturated heterocycles. The Bertz CT molecular complexity index is 872. The van der Waals surface area contributed by atoms with Gasteiger partial charge in [0.2, 0.25) is 5.91 Å². The molecule has 0 aromatic carbocycles. The summed E-state index contributed by atoms with van der Waals surface area (Å²) in [6.07, 6.45) is 5.30. The average molecular weight is 386 g/mol. The highest BCUT2D eigenvalue weighted by Crippen LogP contribution is 2.31. The van der Waals surface area contributed by atoms with Gasteiger partial charge in [0.1, 0.15) is 0 Å². The number of aliphatic carboxylic acids is 1. The highest BCUT2D eigenvalue weighted by Gasteiger charge is 2.34. The molecule has 3 N–H and O–H groups in total. The number of carbonyl (C=O) groups is 2. The second kappa shape index (κ2) is 8.52. The summed E-state index contributed by atoms with van der Waals surface area (Å²) in [7, 11) is 0. The van der Waals surface area contributed by atoms with E-state index < -0.39 is 11.6 Å². The first-order valence-corrected chi connectivity index (χ1v) is 9.53. The van der Waals surface area contributed by atoms with Gasteiger partial charge < -0.3 is 20.4 Å². The van der Waals surface area contributed by atoms with E-state index in [9.17, 15) is 14.7 Å². The smallest absolute Gasteiger partial charge is 0.303 e. The molecule has 1 fully saturated rings. The molecule has 2 aromatic heterocycles. The van der Waals surface area contributed by atoms with E-state index in [2.05, 4.69) is 20.2 Å². The lowest BCUT2D eigenvalue weighted by Crippen LogP contribution is -2.54. The fourth-order valence-corrected chi connectivity index (χ4v) is 3.66. The zero-order valence-electron chi connectivity index (χ0n) is 16.0. The van der Waals surface area contributed by atoms with Crippen molar-refractivity contribution in [2.24, 2.45) is 0 Å². The first-order valence-electron chi connectivity index (χ1n) is 9.53. The minimum Gasteiger partial charge on any atom is -0.481 e. The summed E-state index contributed by atoms with van der Waals surface area (Å²) in [5.41, 5.74) is 1.72. The summed E-state index contributed by atoms with van der Waals surface area (Å²) in [5.74, 6) is -1.15. The number of pyridine rings is 2. The quantitative estimate of drug-likeness (QED) is 0.662. The Hall–Kier alpha value is -2.74. The van der Waals surface area contributed by atoms with E-state index in [1.807, 2.05) is 19.1 Å². The first-order chi connectivity index (χ1) is 13.4. The first kappa shape index (κ1) is 20.0. The summed E-state index contributed by atoms with van der Waals surface area (Å²) in [6.45, 7) is 3.30. The fraction of sp³-hybridized carbons (Fsp3) is 0.500. The summed E-state index contributed by atoms with van der Waals surface area (Å²) >= 11 is 0. The molecule has 1 unspecified atom stereocenters. The lowest BCUT2D eigenvalue weighted by atomic mass is 9.92. The van der Waals surface area contributed by atoms with Crippen LogP contribution >= 0.6 is 0 Å². The molecule has 28 heavy (non-hydrogen) atoms. The molecule has 0 spiro atoms. The van der Waals surface area contributed by atoms with Crippen LogP contribution in [0.15, 0.2) is 24.5 Å². The molecule has 8 heteroatoms. The monoisotopic (exact) mass is 386 g/mol. The zero-order valence-corrected chi connectivity index (χ0v) is 16.0. The number of anilines is 1. The SMILES string of the molecule is Cc1cc(N2CCCC(O)(CNC(=O)CCCC(=O)O)C2)c2cnccc2n1. The number of hydrogen-bond acceptors (Lipinski definition) is 6. The molecular formula is C20H26N4O4. The van der Waals surface area contributed by atoms with E-state index in [4.69, 9.17) is 5.11 Å². The third-order valence-electron chi connectivity index (χ3n) is 5.02. The molecule has 8 nitrogen and oxygen atoms in total. The molecule has 1 atom stereocenters. The second-order valence-electron chi connectivity index (χ2n) is 7.45. The summed E-state index contributed by atoms with van der Waals surface area (Å²) in [6, 6.07) is 3.87. The van der Waals surface area contributed by atoms with Crippen molar-refractivity contribution in [2.75, 3.05) is 24.5 Å². The number of hydrogen-bond donors (Lipinski definition) is 3. The predicted molar refractivity (Wildman–Crippen MR) is 105 cm³/mol. The van der Waals surface area contributed by atoms with E-state index in [-0.39, 0.29) is 25.3 Å². The van der Waals surface area contributed by atoms with Crippen molar-refractivity contribution >= 4 is 28.5 Å². The van der Waals surface area contributed by atoms with E-state index >= 15 is 0 Å². The van der Waals surface area contributed by atoms with Crippen LogP contribution in [0.4, 0.5) is 5.69 Å². The van der Waals surface area contributed by atoms with Gasteiger partial charge in [0.25, 0.3) is 0 Å². The molecule has 0 aliphatic carbocycles. The number of nitrogens with zero attached hydrogens (tertiary/aromatic N) is 3. The van der Waals surface area contributed by atoms with Crippen LogP contribution in [0.1, 0.15) is 37.8 Å². The van der Waals surface area contributed by atoms with Crippen molar-refractivity contribution in [1.29, 1.82) is 0 Å². The van der Waals surface area contributed by atoms with E-state index in [0.29, 0.717) is 19.4 Å². The van der Waals surface area contributed by atoms with Gasteiger partial charge in [-0.25, -0.2) is 0 Å². The molecule has 0 radical (unpaired) electrons. The molecule has 2 aromatic rings. The second-order valence-corrected chi connectivity index (χ2v) is 7.45. The molecule has 1 amide bonds. The summed E-state index contributed by atoms with van der Waals surface area (Å²) < 4.78 is 0. The molecular weight excluding hydrogens is 360 g/mol. The number of rotatable bonds is 7. The molecule has 0 bridgehead atoms. The third-order valence-corrected chi connectivity index (χ3v) is 5.02. The van der Waals surface area contributed by atoms with Gasteiger partial charge in [-0.2, -0.15) is 0 Å². The van der Waals surface area contributed by atoms with Crippen LogP contribution in [0.2, 0.25) is 0 Å². The standard InChI is InChI=1S/C20H26N4O4/c1-14-10-17(15-11-21-8-6-16(15)23-14)24-9-3-7-20(28,13-24)12-22-18(25)4-2-5-19(26)27/h6,8,10-11,28H,2-5,7,9,12-13H2,1H3,(H,22,25)(H,26,27). The molecule has 150 valence electrons. The fourth-order valence-electron chi connectivity index (χ4n) is 3.66. The number of aliphatic hydroxyl groups is 1.